The number of methoxy groups -OCH3 is 2. The van der Waals surface area contributed by atoms with E-state index in [1.165, 1.54) is 37.6 Å². The Labute approximate surface area is 195 Å². The van der Waals surface area contributed by atoms with Crippen LogP contribution in [0.2, 0.25) is 0 Å². The average Bonchev–Trinajstić information content (AvgIpc) is 3.47. The first-order valence-corrected chi connectivity index (χ1v) is 11.5. The highest BCUT2D eigenvalue weighted by Gasteiger charge is 2.25. The quantitative estimate of drug-likeness (QED) is 0.326. The third kappa shape index (κ3) is 4.28. The van der Waals surface area contributed by atoms with Gasteiger partial charge in [0.1, 0.15) is 23.9 Å². The van der Waals surface area contributed by atoms with Crippen LogP contribution in [0, 0.1) is 0 Å². The summed E-state index contributed by atoms with van der Waals surface area (Å²) < 4.78 is 57.4. The van der Waals surface area contributed by atoms with Crippen LogP contribution in [-0.2, 0) is 10.0 Å². The van der Waals surface area contributed by atoms with Gasteiger partial charge in [-0.05, 0) is 22.0 Å². The van der Waals surface area contributed by atoms with Crippen LogP contribution < -0.4 is 18.9 Å². The molecule has 4 rings (SSSR count). The lowest BCUT2D eigenvalue weighted by atomic mass is 10.2. The molecule has 0 aliphatic heterocycles. The van der Waals surface area contributed by atoms with Gasteiger partial charge in [0, 0.05) is 16.1 Å². The summed E-state index contributed by atoms with van der Waals surface area (Å²) in [7, 11) is -1.57. The smallest absolute Gasteiger partial charge is 0.266 e. The molecule has 3 heterocycles. The second kappa shape index (κ2) is 9.19. The molecule has 0 radical (unpaired) electrons. The van der Waals surface area contributed by atoms with Crippen molar-refractivity contribution in [3.05, 3.63) is 35.2 Å². The summed E-state index contributed by atoms with van der Waals surface area (Å²) in [6, 6.07) is 3.32. The van der Waals surface area contributed by atoms with Gasteiger partial charge in [0.05, 0.1) is 32.1 Å². The van der Waals surface area contributed by atoms with E-state index in [1.54, 1.807) is 12.1 Å². The predicted octanol–water partition coefficient (Wildman–Crippen LogP) is 2.47. The van der Waals surface area contributed by atoms with Crippen molar-refractivity contribution in [2.45, 2.75) is 4.90 Å². The number of rotatable bonds is 9. The van der Waals surface area contributed by atoms with Crippen LogP contribution in [0.15, 0.2) is 40.1 Å². The van der Waals surface area contributed by atoms with Gasteiger partial charge in [-0.3, -0.25) is 0 Å². The number of aromatic nitrogens is 6. The third-order valence-corrected chi connectivity index (χ3v) is 6.40. The molecule has 0 atom stereocenters. The van der Waals surface area contributed by atoms with Crippen LogP contribution in [-0.4, -0.2) is 65.9 Å². The van der Waals surface area contributed by atoms with Crippen molar-refractivity contribution in [1.82, 2.24) is 29.9 Å². The average molecular weight is 542 g/mol. The first kappa shape index (κ1) is 22.7. The number of sulfonamides is 1. The number of H-pyrrole nitrogens is 1. The molecule has 0 bridgehead atoms. The fourth-order valence-electron chi connectivity index (χ4n) is 3.05. The second-order valence-electron chi connectivity index (χ2n) is 6.33. The van der Waals surface area contributed by atoms with Gasteiger partial charge in [-0.25, -0.2) is 17.5 Å². The lowest BCUT2D eigenvalue weighted by Gasteiger charge is -2.14. The van der Waals surface area contributed by atoms with Gasteiger partial charge < -0.3 is 19.2 Å². The molecular formula is C18H17BrFN7O5S. The molecule has 33 heavy (non-hydrogen) atoms. The van der Waals surface area contributed by atoms with Gasteiger partial charge in [0.2, 0.25) is 11.7 Å². The molecule has 0 aliphatic rings. The van der Waals surface area contributed by atoms with Crippen LogP contribution >= 0.6 is 15.9 Å². The van der Waals surface area contributed by atoms with E-state index in [2.05, 4.69) is 45.8 Å². The Hall–Kier alpha value is -3.46. The van der Waals surface area contributed by atoms with Gasteiger partial charge in [0.15, 0.2) is 0 Å². The van der Waals surface area contributed by atoms with Crippen molar-refractivity contribution in [2.24, 2.45) is 0 Å². The number of halogens is 2. The summed E-state index contributed by atoms with van der Waals surface area (Å²) in [5, 5.41) is 8.61. The molecule has 12 nitrogen and oxygen atoms in total. The molecule has 1 aromatic carbocycles. The topological polar surface area (TPSA) is 146 Å². The minimum absolute atomic E-state index is 0.0473. The molecular weight excluding hydrogens is 525 g/mol. The Balaban J connectivity index is 1.75. The van der Waals surface area contributed by atoms with E-state index in [0.717, 1.165) is 0 Å². The lowest BCUT2D eigenvalue weighted by Crippen LogP contribution is -2.16. The molecule has 2 N–H and O–H groups in total. The zero-order valence-electron chi connectivity index (χ0n) is 17.2. The summed E-state index contributed by atoms with van der Waals surface area (Å²) in [6.07, 6.45) is 4.35. The van der Waals surface area contributed by atoms with Crippen molar-refractivity contribution in [3.63, 3.8) is 0 Å². The molecule has 0 unspecified atom stereocenters. The van der Waals surface area contributed by atoms with Gasteiger partial charge in [0.25, 0.3) is 21.8 Å². The molecule has 15 heteroatoms. The lowest BCUT2D eigenvalue weighted by molar-refractivity contribution is 0.240. The summed E-state index contributed by atoms with van der Waals surface area (Å²) in [6.45, 7) is -1.03. The highest BCUT2D eigenvalue weighted by Crippen LogP contribution is 2.36. The van der Waals surface area contributed by atoms with Crippen LogP contribution in [0.4, 0.5) is 10.3 Å². The predicted molar refractivity (Wildman–Crippen MR) is 118 cm³/mol. The van der Waals surface area contributed by atoms with Crippen LogP contribution in [0.3, 0.4) is 0 Å². The third-order valence-electron chi connectivity index (χ3n) is 4.39. The first-order valence-electron chi connectivity index (χ1n) is 9.27. The number of alkyl halides is 1. The van der Waals surface area contributed by atoms with Crippen LogP contribution in [0.5, 0.6) is 17.5 Å². The van der Waals surface area contributed by atoms with E-state index in [1.807, 2.05) is 0 Å². The standard InChI is InChI=1S/C18H17BrFN7O5S/c1-30-16-15(32-8-5-20)17(31-2)25-18(24-16)26-33(28,29)12-9-21-13-10(12)3-4-11(19)14(13)27-22-6-7-23-27/h3-4,6-7,9,21H,5,8H2,1-2H3,(H,24,25,26). The summed E-state index contributed by atoms with van der Waals surface area (Å²) in [4.78, 5) is 12.3. The molecule has 0 saturated carbocycles. The molecule has 0 saturated heterocycles. The minimum atomic E-state index is -4.16. The van der Waals surface area contributed by atoms with Gasteiger partial charge in [-0.2, -0.15) is 20.2 Å². The van der Waals surface area contributed by atoms with Gasteiger partial charge in [-0.1, -0.05) is 6.07 Å². The largest absolute Gasteiger partial charge is 0.481 e. The zero-order chi connectivity index (χ0) is 23.6. The Kier molecular flexibility index (Phi) is 6.33. The maximum absolute atomic E-state index is 13.2. The molecule has 174 valence electrons. The Morgan fingerprint density at radius 3 is 2.42 bits per heavy atom. The molecule has 4 aromatic rings. The van der Waals surface area contributed by atoms with E-state index in [-0.39, 0.29) is 35.0 Å². The fraction of sp³-hybridized carbons (Fsp3) is 0.222. The number of hydrogen-bond donors (Lipinski definition) is 2. The monoisotopic (exact) mass is 541 g/mol. The highest BCUT2D eigenvalue weighted by atomic mass is 79.9. The number of fused-ring (bicyclic) bond motifs is 1. The second-order valence-corrected chi connectivity index (χ2v) is 8.83. The van der Waals surface area contributed by atoms with E-state index < -0.39 is 16.7 Å². The maximum Gasteiger partial charge on any atom is 0.266 e. The van der Waals surface area contributed by atoms with E-state index in [9.17, 15) is 12.8 Å². The number of aromatic amines is 1. The van der Waals surface area contributed by atoms with Crippen molar-refractivity contribution < 1.29 is 27.0 Å². The first-order chi connectivity index (χ1) is 15.9. The number of nitrogens with one attached hydrogen (secondary N) is 2. The van der Waals surface area contributed by atoms with Crippen molar-refractivity contribution in [2.75, 3.05) is 32.2 Å². The number of nitrogens with zero attached hydrogens (tertiary/aromatic N) is 5. The normalized spacial score (nSPS) is 11.5. The van der Waals surface area contributed by atoms with E-state index in [0.29, 0.717) is 21.1 Å². The van der Waals surface area contributed by atoms with Gasteiger partial charge >= 0.3 is 0 Å². The maximum atomic E-state index is 13.2. The number of ether oxygens (including phenoxy) is 3. The number of anilines is 1. The summed E-state index contributed by atoms with van der Waals surface area (Å²) in [5.41, 5.74) is 1.03. The van der Waals surface area contributed by atoms with Crippen molar-refractivity contribution in [3.8, 4) is 23.2 Å². The van der Waals surface area contributed by atoms with Crippen LogP contribution in [0.25, 0.3) is 16.6 Å². The van der Waals surface area contributed by atoms with Crippen molar-refractivity contribution in [1.29, 1.82) is 0 Å². The zero-order valence-corrected chi connectivity index (χ0v) is 19.6. The number of benzene rings is 1. The molecule has 0 fully saturated rings. The SMILES string of the molecule is COc1nc(NS(=O)(=O)c2c[nH]c3c(-n4nccn4)c(Br)ccc23)nc(OC)c1OCCF. The summed E-state index contributed by atoms with van der Waals surface area (Å²) in [5.74, 6) is -0.614. The molecule has 0 amide bonds. The summed E-state index contributed by atoms with van der Waals surface area (Å²) >= 11 is 3.44. The van der Waals surface area contributed by atoms with E-state index in [4.69, 9.17) is 14.2 Å². The highest BCUT2D eigenvalue weighted by molar-refractivity contribution is 9.10. The van der Waals surface area contributed by atoms with E-state index >= 15 is 0 Å². The Bertz CT molecular complexity index is 1370. The molecule has 3 aromatic heterocycles. The van der Waals surface area contributed by atoms with Crippen LogP contribution in [0.1, 0.15) is 0 Å². The Morgan fingerprint density at radius 1 is 1.15 bits per heavy atom. The fourth-order valence-corrected chi connectivity index (χ4v) is 4.66. The molecule has 0 aliphatic carbocycles. The molecule has 0 spiro atoms. The minimum Gasteiger partial charge on any atom is -0.481 e. The van der Waals surface area contributed by atoms with Gasteiger partial charge in [-0.15, -0.1) is 4.80 Å². The number of hydrogen-bond acceptors (Lipinski definition) is 9. The van der Waals surface area contributed by atoms with Crippen molar-refractivity contribution >= 4 is 42.8 Å². The Morgan fingerprint density at radius 2 is 1.82 bits per heavy atom.